The summed E-state index contributed by atoms with van der Waals surface area (Å²) in [5, 5.41) is 13.1. The molecule has 1 aromatic heterocycles. The highest BCUT2D eigenvalue weighted by Gasteiger charge is 2.25. The Morgan fingerprint density at radius 1 is 1.60 bits per heavy atom. The number of ether oxygens (including phenoxy) is 2. The van der Waals surface area contributed by atoms with E-state index in [2.05, 4.69) is 10.3 Å². The summed E-state index contributed by atoms with van der Waals surface area (Å²) in [7, 11) is 0. The minimum atomic E-state index is -0.732. The Labute approximate surface area is 119 Å². The fraction of sp³-hybridized carbons (Fsp3) is 0.455. The number of halogens is 1. The number of amides is 1. The fourth-order valence-electron chi connectivity index (χ4n) is 1.74. The van der Waals surface area contributed by atoms with E-state index in [4.69, 9.17) is 21.1 Å². The Kier molecular flexibility index (Phi) is 4.83. The van der Waals surface area contributed by atoms with Gasteiger partial charge in [-0.1, -0.05) is 11.6 Å². The molecule has 20 heavy (non-hydrogen) atoms. The van der Waals surface area contributed by atoms with Gasteiger partial charge in [0.15, 0.2) is 0 Å². The number of rotatable bonds is 4. The third-order valence-corrected chi connectivity index (χ3v) is 2.96. The van der Waals surface area contributed by atoms with Crippen molar-refractivity contribution >= 4 is 23.2 Å². The molecule has 2 heterocycles. The molecule has 1 amide bonds. The lowest BCUT2D eigenvalue weighted by Gasteiger charge is -2.23. The second-order valence-corrected chi connectivity index (χ2v) is 4.39. The molecule has 0 spiro atoms. The lowest BCUT2D eigenvalue weighted by atomic mass is 10.2. The zero-order valence-electron chi connectivity index (χ0n) is 10.4. The average Bonchev–Trinajstić information content (AvgIpc) is 2.45. The summed E-state index contributed by atoms with van der Waals surface area (Å²) in [6.45, 7) is 1.56. The van der Waals surface area contributed by atoms with Gasteiger partial charge in [0.05, 0.1) is 30.8 Å². The van der Waals surface area contributed by atoms with Gasteiger partial charge < -0.3 is 14.8 Å². The second-order valence-electron chi connectivity index (χ2n) is 4.03. The van der Waals surface area contributed by atoms with Crippen molar-refractivity contribution in [3.8, 4) is 0 Å². The molecule has 8 nitrogen and oxygen atoms in total. The Morgan fingerprint density at radius 3 is 3.05 bits per heavy atom. The van der Waals surface area contributed by atoms with Crippen LogP contribution >= 0.6 is 11.6 Å². The Hall–Kier alpha value is -1.77. The summed E-state index contributed by atoms with van der Waals surface area (Å²) in [6, 6.07) is 1.25. The molecule has 2 rings (SSSR count). The number of aromatic nitrogens is 1. The quantitative estimate of drug-likeness (QED) is 0.501. The molecule has 0 aromatic carbocycles. The summed E-state index contributed by atoms with van der Waals surface area (Å²) in [6.07, 6.45) is 0.980. The molecule has 1 saturated heterocycles. The van der Waals surface area contributed by atoms with Gasteiger partial charge in [-0.2, -0.15) is 0 Å². The standard InChI is InChI=1S/C11H12ClN3O5/c12-10-9(15(17)18)8(1-2-13-10)11(16)14-5-7-6-19-3-4-20-7/h1-2,7H,3-6H2,(H,14,16). The Balaban J connectivity index is 2.05. The van der Waals surface area contributed by atoms with Crippen molar-refractivity contribution in [3.05, 3.63) is 33.1 Å². The number of nitro groups is 1. The highest BCUT2D eigenvalue weighted by Crippen LogP contribution is 2.25. The van der Waals surface area contributed by atoms with Crippen LogP contribution < -0.4 is 5.32 Å². The maximum atomic E-state index is 12.0. The van der Waals surface area contributed by atoms with Crippen LogP contribution in [0.15, 0.2) is 12.3 Å². The molecule has 0 saturated carbocycles. The minimum Gasteiger partial charge on any atom is -0.376 e. The van der Waals surface area contributed by atoms with Crippen molar-refractivity contribution in [1.29, 1.82) is 0 Å². The summed E-state index contributed by atoms with van der Waals surface area (Å²) in [5.74, 6) is -0.602. The number of carbonyl (C=O) groups is 1. The first-order valence-corrected chi connectivity index (χ1v) is 6.24. The SMILES string of the molecule is O=C(NCC1COCCO1)c1ccnc(Cl)c1[N+](=O)[O-]. The van der Waals surface area contributed by atoms with Crippen LogP contribution in [0.5, 0.6) is 0 Å². The predicted octanol–water partition coefficient (Wildman–Crippen LogP) is 0.788. The van der Waals surface area contributed by atoms with Crippen molar-refractivity contribution in [2.24, 2.45) is 0 Å². The van der Waals surface area contributed by atoms with E-state index in [0.29, 0.717) is 19.8 Å². The van der Waals surface area contributed by atoms with Crippen LogP contribution in [0, 0.1) is 10.1 Å². The maximum absolute atomic E-state index is 12.0. The number of nitrogens with zero attached hydrogens (tertiary/aromatic N) is 2. The summed E-state index contributed by atoms with van der Waals surface area (Å²) in [4.78, 5) is 25.7. The molecule has 108 valence electrons. The second kappa shape index (κ2) is 6.60. The van der Waals surface area contributed by atoms with Gasteiger partial charge in [-0.25, -0.2) is 4.98 Å². The minimum absolute atomic E-state index is 0.133. The van der Waals surface area contributed by atoms with Crippen LogP contribution in [0.4, 0.5) is 5.69 Å². The van der Waals surface area contributed by atoms with E-state index in [-0.39, 0.29) is 23.4 Å². The van der Waals surface area contributed by atoms with Gasteiger partial charge in [-0.05, 0) is 6.07 Å². The Morgan fingerprint density at radius 2 is 2.40 bits per heavy atom. The predicted molar refractivity (Wildman–Crippen MR) is 68.8 cm³/mol. The van der Waals surface area contributed by atoms with Crippen LogP contribution in [0.2, 0.25) is 5.15 Å². The molecular weight excluding hydrogens is 290 g/mol. The van der Waals surface area contributed by atoms with Crippen LogP contribution in [0.1, 0.15) is 10.4 Å². The normalized spacial score (nSPS) is 18.6. The number of nitrogens with one attached hydrogen (secondary N) is 1. The molecule has 1 aliphatic rings. The first-order valence-electron chi connectivity index (χ1n) is 5.86. The fourth-order valence-corrected chi connectivity index (χ4v) is 1.97. The van der Waals surface area contributed by atoms with Crippen LogP contribution in [-0.4, -0.2) is 48.3 Å². The zero-order valence-corrected chi connectivity index (χ0v) is 11.1. The van der Waals surface area contributed by atoms with Crippen molar-refractivity contribution in [3.63, 3.8) is 0 Å². The molecule has 9 heteroatoms. The van der Waals surface area contributed by atoms with Gasteiger partial charge in [0.25, 0.3) is 5.91 Å². The third kappa shape index (κ3) is 3.41. The van der Waals surface area contributed by atoms with Gasteiger partial charge in [0.2, 0.25) is 5.15 Å². The highest BCUT2D eigenvalue weighted by atomic mass is 35.5. The van der Waals surface area contributed by atoms with Crippen LogP contribution in [0.3, 0.4) is 0 Å². The maximum Gasteiger partial charge on any atom is 0.319 e. The van der Waals surface area contributed by atoms with E-state index in [0.717, 1.165) is 0 Å². The number of carbonyl (C=O) groups excluding carboxylic acids is 1. The molecule has 1 aliphatic heterocycles. The van der Waals surface area contributed by atoms with Gasteiger partial charge in [0, 0.05) is 12.7 Å². The largest absolute Gasteiger partial charge is 0.376 e. The number of pyridine rings is 1. The Bertz CT molecular complexity index is 519. The van der Waals surface area contributed by atoms with Crippen molar-refractivity contribution in [2.75, 3.05) is 26.4 Å². The average molecular weight is 302 g/mol. The molecule has 1 aromatic rings. The van der Waals surface area contributed by atoms with Crippen molar-refractivity contribution < 1.29 is 19.2 Å². The van der Waals surface area contributed by atoms with E-state index in [1.165, 1.54) is 12.3 Å². The molecule has 1 atom stereocenters. The molecule has 0 aliphatic carbocycles. The molecule has 1 unspecified atom stereocenters. The van der Waals surface area contributed by atoms with Crippen molar-refractivity contribution in [1.82, 2.24) is 10.3 Å². The van der Waals surface area contributed by atoms with Gasteiger partial charge in [0.1, 0.15) is 5.56 Å². The molecular formula is C11H12ClN3O5. The van der Waals surface area contributed by atoms with E-state index < -0.39 is 16.5 Å². The summed E-state index contributed by atoms with van der Waals surface area (Å²) in [5.41, 5.74) is -0.640. The molecule has 0 bridgehead atoms. The number of hydrogen-bond donors (Lipinski definition) is 1. The van der Waals surface area contributed by atoms with Crippen LogP contribution in [-0.2, 0) is 9.47 Å². The lowest BCUT2D eigenvalue weighted by Crippen LogP contribution is -2.39. The first kappa shape index (κ1) is 14.6. The van der Waals surface area contributed by atoms with E-state index in [1.807, 2.05) is 0 Å². The van der Waals surface area contributed by atoms with Gasteiger partial charge in [-0.15, -0.1) is 0 Å². The first-order chi connectivity index (χ1) is 9.59. The zero-order chi connectivity index (χ0) is 14.5. The summed E-state index contributed by atoms with van der Waals surface area (Å²) < 4.78 is 10.5. The number of hydrogen-bond acceptors (Lipinski definition) is 6. The van der Waals surface area contributed by atoms with Gasteiger partial charge in [-0.3, -0.25) is 14.9 Å². The van der Waals surface area contributed by atoms with E-state index in [9.17, 15) is 14.9 Å². The molecule has 0 radical (unpaired) electrons. The molecule has 1 fully saturated rings. The monoisotopic (exact) mass is 301 g/mol. The molecule has 1 N–H and O–H groups in total. The lowest BCUT2D eigenvalue weighted by molar-refractivity contribution is -0.385. The highest BCUT2D eigenvalue weighted by molar-refractivity contribution is 6.32. The van der Waals surface area contributed by atoms with Gasteiger partial charge >= 0.3 is 5.69 Å². The topological polar surface area (TPSA) is 104 Å². The smallest absolute Gasteiger partial charge is 0.319 e. The van der Waals surface area contributed by atoms with E-state index in [1.54, 1.807) is 0 Å². The van der Waals surface area contributed by atoms with Crippen molar-refractivity contribution in [2.45, 2.75) is 6.10 Å². The summed E-state index contributed by atoms with van der Waals surface area (Å²) >= 11 is 5.64. The van der Waals surface area contributed by atoms with Crippen LogP contribution in [0.25, 0.3) is 0 Å². The van der Waals surface area contributed by atoms with E-state index >= 15 is 0 Å². The third-order valence-electron chi connectivity index (χ3n) is 2.68.